The van der Waals surface area contributed by atoms with Gasteiger partial charge >= 0.3 is 0 Å². The van der Waals surface area contributed by atoms with Crippen molar-refractivity contribution < 1.29 is 4.79 Å². The van der Waals surface area contributed by atoms with Crippen LogP contribution in [0.1, 0.15) is 38.2 Å². The molecule has 0 bridgehead atoms. The van der Waals surface area contributed by atoms with Crippen LogP contribution in [0.3, 0.4) is 0 Å². The predicted molar refractivity (Wildman–Crippen MR) is 71.1 cm³/mol. The number of Topliss-reactive ketones (excluding diaryl/α,β-unsaturated/α-hetero) is 1. The van der Waals surface area contributed by atoms with Crippen LogP contribution >= 0.6 is 11.6 Å². The number of allylic oxidation sites excluding steroid dienone is 2. The van der Waals surface area contributed by atoms with E-state index in [2.05, 4.69) is 19.1 Å². The van der Waals surface area contributed by atoms with Crippen molar-refractivity contribution >= 4 is 17.4 Å². The molecule has 17 heavy (non-hydrogen) atoms. The first-order valence-corrected chi connectivity index (χ1v) is 6.52. The minimum Gasteiger partial charge on any atom is -0.293 e. The van der Waals surface area contributed by atoms with E-state index in [4.69, 9.17) is 11.6 Å². The van der Waals surface area contributed by atoms with Gasteiger partial charge in [-0.25, -0.2) is 0 Å². The lowest BCUT2D eigenvalue weighted by atomic mass is 9.84. The highest BCUT2D eigenvalue weighted by Crippen LogP contribution is 2.44. The molecule has 0 aliphatic heterocycles. The smallest absolute Gasteiger partial charge is 0.177 e. The zero-order chi connectivity index (χ0) is 12.4. The average molecular weight is 249 g/mol. The molecular weight excluding hydrogens is 232 g/mol. The minimum atomic E-state index is -0.0218. The van der Waals surface area contributed by atoms with Gasteiger partial charge in [0.05, 0.1) is 5.03 Å². The van der Waals surface area contributed by atoms with Crippen LogP contribution in [0.2, 0.25) is 0 Å². The van der Waals surface area contributed by atoms with Crippen LogP contribution in [0.15, 0.2) is 40.9 Å². The van der Waals surface area contributed by atoms with E-state index in [-0.39, 0.29) is 17.6 Å². The lowest BCUT2D eigenvalue weighted by Gasteiger charge is -2.18. The topological polar surface area (TPSA) is 17.1 Å². The van der Waals surface area contributed by atoms with Crippen molar-refractivity contribution in [3.8, 4) is 0 Å². The molecule has 0 saturated heterocycles. The summed E-state index contributed by atoms with van der Waals surface area (Å²) in [5.41, 5.74) is 2.32. The second kappa shape index (κ2) is 5.05. The van der Waals surface area contributed by atoms with Gasteiger partial charge in [-0.05, 0) is 17.6 Å². The van der Waals surface area contributed by atoms with Crippen LogP contribution in [-0.2, 0) is 4.79 Å². The van der Waals surface area contributed by atoms with E-state index in [9.17, 15) is 4.79 Å². The lowest BCUT2D eigenvalue weighted by Crippen LogP contribution is -2.12. The SMILES string of the molecule is CCCC1=C(Cl)C(=O)[C@@H](C)[C@H]1c1ccccc1. The molecule has 1 aromatic rings. The molecule has 90 valence electrons. The first kappa shape index (κ1) is 12.4. The van der Waals surface area contributed by atoms with Crippen LogP contribution < -0.4 is 0 Å². The van der Waals surface area contributed by atoms with Gasteiger partial charge < -0.3 is 0 Å². The van der Waals surface area contributed by atoms with Gasteiger partial charge in [0, 0.05) is 11.8 Å². The fourth-order valence-corrected chi connectivity index (χ4v) is 3.02. The van der Waals surface area contributed by atoms with Crippen LogP contribution in [0.5, 0.6) is 0 Å². The number of benzene rings is 1. The molecule has 0 amide bonds. The summed E-state index contributed by atoms with van der Waals surface area (Å²) in [7, 11) is 0. The van der Waals surface area contributed by atoms with Crippen molar-refractivity contribution in [2.45, 2.75) is 32.6 Å². The molecule has 0 radical (unpaired) electrons. The first-order chi connectivity index (χ1) is 8.16. The second-order valence-corrected chi connectivity index (χ2v) is 5.01. The van der Waals surface area contributed by atoms with E-state index in [1.807, 2.05) is 25.1 Å². The quantitative estimate of drug-likeness (QED) is 0.780. The third-order valence-electron chi connectivity index (χ3n) is 3.47. The molecule has 0 unspecified atom stereocenters. The number of rotatable bonds is 3. The van der Waals surface area contributed by atoms with Crippen LogP contribution in [0.4, 0.5) is 0 Å². The van der Waals surface area contributed by atoms with Gasteiger partial charge in [0.15, 0.2) is 5.78 Å². The van der Waals surface area contributed by atoms with Gasteiger partial charge in [-0.1, -0.05) is 62.2 Å². The van der Waals surface area contributed by atoms with Crippen molar-refractivity contribution in [3.05, 3.63) is 46.5 Å². The number of hydrogen-bond donors (Lipinski definition) is 0. The summed E-state index contributed by atoms with van der Waals surface area (Å²) in [5, 5.41) is 0.480. The summed E-state index contributed by atoms with van der Waals surface area (Å²) in [6.45, 7) is 4.09. The van der Waals surface area contributed by atoms with E-state index < -0.39 is 0 Å². The van der Waals surface area contributed by atoms with E-state index in [0.717, 1.165) is 18.4 Å². The van der Waals surface area contributed by atoms with Gasteiger partial charge in [-0.15, -0.1) is 0 Å². The molecule has 0 saturated carbocycles. The molecule has 1 aliphatic rings. The molecule has 1 nitrogen and oxygen atoms in total. The van der Waals surface area contributed by atoms with Crippen molar-refractivity contribution in [2.24, 2.45) is 5.92 Å². The minimum absolute atomic E-state index is 0.0218. The van der Waals surface area contributed by atoms with E-state index in [1.165, 1.54) is 5.56 Å². The third kappa shape index (κ3) is 2.16. The zero-order valence-corrected chi connectivity index (χ0v) is 11.0. The van der Waals surface area contributed by atoms with Gasteiger partial charge in [0.2, 0.25) is 0 Å². The monoisotopic (exact) mass is 248 g/mol. The Labute approximate surface area is 107 Å². The molecule has 0 fully saturated rings. The number of carbonyl (C=O) groups excluding carboxylic acids is 1. The van der Waals surface area contributed by atoms with Crippen LogP contribution in [0, 0.1) is 5.92 Å². The van der Waals surface area contributed by atoms with Crippen molar-refractivity contribution in [2.75, 3.05) is 0 Å². The summed E-state index contributed by atoms with van der Waals surface area (Å²) in [6, 6.07) is 10.2. The molecule has 2 atom stereocenters. The molecular formula is C15H17ClO. The molecule has 2 rings (SSSR count). The molecule has 0 heterocycles. The Morgan fingerprint density at radius 1 is 1.24 bits per heavy atom. The van der Waals surface area contributed by atoms with E-state index >= 15 is 0 Å². The Morgan fingerprint density at radius 3 is 2.47 bits per heavy atom. The molecule has 1 aliphatic carbocycles. The van der Waals surface area contributed by atoms with Gasteiger partial charge in [-0.2, -0.15) is 0 Å². The van der Waals surface area contributed by atoms with E-state index in [1.54, 1.807) is 0 Å². The Kier molecular flexibility index (Phi) is 3.68. The maximum atomic E-state index is 12.0. The van der Waals surface area contributed by atoms with Crippen LogP contribution in [0.25, 0.3) is 0 Å². The zero-order valence-electron chi connectivity index (χ0n) is 10.2. The fourth-order valence-electron chi connectivity index (χ4n) is 2.63. The van der Waals surface area contributed by atoms with Crippen molar-refractivity contribution in [1.29, 1.82) is 0 Å². The largest absolute Gasteiger partial charge is 0.293 e. The number of hydrogen-bond acceptors (Lipinski definition) is 1. The van der Waals surface area contributed by atoms with Crippen LogP contribution in [-0.4, -0.2) is 5.78 Å². The first-order valence-electron chi connectivity index (χ1n) is 6.14. The Balaban J connectivity index is 2.42. The highest BCUT2D eigenvalue weighted by Gasteiger charge is 2.38. The summed E-state index contributed by atoms with van der Waals surface area (Å²) in [5.74, 6) is 0.256. The molecule has 0 spiro atoms. The number of ketones is 1. The molecule has 0 aromatic heterocycles. The van der Waals surface area contributed by atoms with E-state index in [0.29, 0.717) is 5.03 Å². The van der Waals surface area contributed by atoms with Gasteiger partial charge in [-0.3, -0.25) is 4.79 Å². The van der Waals surface area contributed by atoms with Crippen molar-refractivity contribution in [3.63, 3.8) is 0 Å². The molecule has 2 heteroatoms. The summed E-state index contributed by atoms with van der Waals surface area (Å²) in [4.78, 5) is 12.0. The fraction of sp³-hybridized carbons (Fsp3) is 0.400. The highest BCUT2D eigenvalue weighted by molar-refractivity contribution is 6.44. The molecule has 0 N–H and O–H groups in total. The standard InChI is InChI=1S/C15H17ClO/c1-3-7-12-13(10(2)15(17)14(12)16)11-8-5-4-6-9-11/h4-6,8-10,13H,3,7H2,1-2H3/t10-,13-/m0/s1. The third-order valence-corrected chi connectivity index (χ3v) is 3.89. The Bertz CT molecular complexity index is 447. The lowest BCUT2D eigenvalue weighted by molar-refractivity contribution is -0.117. The molecule has 1 aromatic carbocycles. The van der Waals surface area contributed by atoms with Gasteiger partial charge in [0.1, 0.15) is 0 Å². The predicted octanol–water partition coefficient (Wildman–Crippen LogP) is 4.28. The summed E-state index contributed by atoms with van der Waals surface area (Å²) < 4.78 is 0. The normalized spacial score (nSPS) is 24.5. The Morgan fingerprint density at radius 2 is 1.88 bits per heavy atom. The van der Waals surface area contributed by atoms with Crippen molar-refractivity contribution in [1.82, 2.24) is 0 Å². The van der Waals surface area contributed by atoms with Gasteiger partial charge in [0.25, 0.3) is 0 Å². The Hall–Kier alpha value is -1.08. The number of carbonyl (C=O) groups is 1. The maximum Gasteiger partial charge on any atom is 0.177 e. The average Bonchev–Trinajstić information content (AvgIpc) is 2.56. The maximum absolute atomic E-state index is 12.0. The second-order valence-electron chi connectivity index (χ2n) is 4.63. The summed E-state index contributed by atoms with van der Waals surface area (Å²) in [6.07, 6.45) is 1.93. The highest BCUT2D eigenvalue weighted by atomic mass is 35.5. The number of halogens is 1. The summed E-state index contributed by atoms with van der Waals surface area (Å²) >= 11 is 6.18.